The minimum atomic E-state index is -0.571. The minimum Gasteiger partial charge on any atom is -0.465 e. The summed E-state index contributed by atoms with van der Waals surface area (Å²) in [5, 5.41) is 9.56. The van der Waals surface area contributed by atoms with Crippen LogP contribution in [0.5, 0.6) is 5.75 Å². The van der Waals surface area contributed by atoms with E-state index >= 15 is 0 Å². The molecule has 0 saturated carbocycles. The largest absolute Gasteiger partial charge is 0.465 e. The van der Waals surface area contributed by atoms with Gasteiger partial charge in [0.15, 0.2) is 0 Å². The zero-order valence-corrected chi connectivity index (χ0v) is 8.21. The number of aliphatic hydroxyl groups excluding tert-OH is 1. The summed E-state index contributed by atoms with van der Waals surface area (Å²) in [7, 11) is 0. The first kappa shape index (κ1) is 9.74. The number of aliphatic hydroxyl groups is 1. The third-order valence-electron chi connectivity index (χ3n) is 2.11. The Kier molecular flexibility index (Phi) is 3.00. The van der Waals surface area contributed by atoms with Crippen molar-refractivity contribution in [3.8, 4) is 5.75 Å². The molecule has 2 rings (SSSR count). The highest BCUT2D eigenvalue weighted by Gasteiger charge is 2.06. The molecule has 1 unspecified atom stereocenters. The van der Waals surface area contributed by atoms with Gasteiger partial charge in [0.25, 0.3) is 0 Å². The Morgan fingerprint density at radius 3 is 2.67 bits per heavy atom. The maximum atomic E-state index is 9.56. The molecule has 0 fully saturated rings. The number of hydrogen-bond donors (Lipinski definition) is 1. The molecule has 2 nitrogen and oxygen atoms in total. The van der Waals surface area contributed by atoms with E-state index in [1.807, 2.05) is 48.6 Å². The van der Waals surface area contributed by atoms with E-state index < -0.39 is 6.10 Å². The lowest BCUT2D eigenvalue weighted by atomic mass is 10.1. The van der Waals surface area contributed by atoms with Crippen molar-refractivity contribution in [3.05, 3.63) is 66.5 Å². The van der Waals surface area contributed by atoms with Crippen LogP contribution in [0, 0.1) is 0 Å². The van der Waals surface area contributed by atoms with Crippen LogP contribution < -0.4 is 4.74 Å². The lowest BCUT2D eigenvalue weighted by Crippen LogP contribution is -2.07. The van der Waals surface area contributed by atoms with Gasteiger partial charge in [0.2, 0.25) is 0 Å². The summed E-state index contributed by atoms with van der Waals surface area (Å²) in [6.45, 7) is 0. The number of allylic oxidation sites excluding steroid dienone is 2. The molecule has 15 heavy (non-hydrogen) atoms. The van der Waals surface area contributed by atoms with Gasteiger partial charge in [0, 0.05) is 5.57 Å². The van der Waals surface area contributed by atoms with E-state index in [9.17, 15) is 5.11 Å². The average molecular weight is 200 g/mol. The summed E-state index contributed by atoms with van der Waals surface area (Å²) in [5.74, 6) is 0.764. The Bertz CT molecular complexity index is 402. The second kappa shape index (κ2) is 4.62. The molecule has 1 aromatic carbocycles. The number of benzene rings is 1. The van der Waals surface area contributed by atoms with Crippen molar-refractivity contribution in [1.82, 2.24) is 0 Å². The standard InChI is InChI=1S/C13H12O2/c14-13-9-5-4-6-11(13)10-15-12-7-2-1-3-8-12/h1-10,13-14H. The van der Waals surface area contributed by atoms with Crippen LogP contribution in [0.4, 0.5) is 0 Å². The highest BCUT2D eigenvalue weighted by molar-refractivity contribution is 5.34. The van der Waals surface area contributed by atoms with Gasteiger partial charge in [-0.15, -0.1) is 0 Å². The first-order valence-corrected chi connectivity index (χ1v) is 4.81. The Balaban J connectivity index is 2.06. The third kappa shape index (κ3) is 2.58. The van der Waals surface area contributed by atoms with E-state index in [1.54, 1.807) is 12.3 Å². The highest BCUT2D eigenvalue weighted by atomic mass is 16.5. The van der Waals surface area contributed by atoms with Crippen molar-refractivity contribution in [2.45, 2.75) is 6.10 Å². The second-order valence-electron chi connectivity index (χ2n) is 3.24. The van der Waals surface area contributed by atoms with Crippen molar-refractivity contribution in [3.63, 3.8) is 0 Å². The number of ether oxygens (including phenoxy) is 1. The van der Waals surface area contributed by atoms with Crippen LogP contribution in [0.3, 0.4) is 0 Å². The molecule has 1 atom stereocenters. The van der Waals surface area contributed by atoms with Gasteiger partial charge >= 0.3 is 0 Å². The zero-order valence-electron chi connectivity index (χ0n) is 8.21. The van der Waals surface area contributed by atoms with E-state index in [0.717, 1.165) is 11.3 Å². The Morgan fingerprint density at radius 1 is 1.13 bits per heavy atom. The molecular weight excluding hydrogens is 188 g/mol. The normalized spacial score (nSPS) is 21.9. The first-order chi connectivity index (χ1) is 7.36. The molecule has 76 valence electrons. The summed E-state index contributed by atoms with van der Waals surface area (Å²) < 4.78 is 5.41. The van der Waals surface area contributed by atoms with E-state index in [4.69, 9.17) is 4.74 Å². The lowest BCUT2D eigenvalue weighted by Gasteiger charge is -2.10. The summed E-state index contributed by atoms with van der Waals surface area (Å²) in [4.78, 5) is 0. The predicted octanol–water partition coefficient (Wildman–Crippen LogP) is 2.44. The topological polar surface area (TPSA) is 29.5 Å². The molecule has 0 aromatic heterocycles. The Labute approximate surface area is 88.8 Å². The van der Waals surface area contributed by atoms with Crippen molar-refractivity contribution < 1.29 is 9.84 Å². The van der Waals surface area contributed by atoms with Gasteiger partial charge in [-0.1, -0.05) is 42.5 Å². The summed E-state index contributed by atoms with van der Waals surface area (Å²) in [5.41, 5.74) is 0.751. The number of hydrogen-bond acceptors (Lipinski definition) is 2. The fourth-order valence-corrected chi connectivity index (χ4v) is 1.29. The van der Waals surface area contributed by atoms with Crippen molar-refractivity contribution in [2.75, 3.05) is 0 Å². The molecule has 0 aliphatic heterocycles. The van der Waals surface area contributed by atoms with E-state index in [2.05, 4.69) is 0 Å². The maximum Gasteiger partial charge on any atom is 0.126 e. The van der Waals surface area contributed by atoms with Gasteiger partial charge in [-0.05, 0) is 12.1 Å². The monoisotopic (exact) mass is 200 g/mol. The maximum absolute atomic E-state index is 9.56. The zero-order chi connectivity index (χ0) is 10.5. The van der Waals surface area contributed by atoms with Crippen LogP contribution in [0.1, 0.15) is 0 Å². The molecule has 0 saturated heterocycles. The summed E-state index contributed by atoms with van der Waals surface area (Å²) in [6, 6.07) is 9.47. The molecule has 2 heteroatoms. The molecular formula is C13H12O2. The van der Waals surface area contributed by atoms with Gasteiger partial charge in [-0.2, -0.15) is 0 Å². The second-order valence-corrected chi connectivity index (χ2v) is 3.24. The van der Waals surface area contributed by atoms with E-state index in [1.165, 1.54) is 0 Å². The van der Waals surface area contributed by atoms with Crippen molar-refractivity contribution in [1.29, 1.82) is 0 Å². The fraction of sp³-hybridized carbons (Fsp3) is 0.0769. The van der Waals surface area contributed by atoms with Crippen LogP contribution in [-0.2, 0) is 0 Å². The average Bonchev–Trinajstić information content (AvgIpc) is 2.29. The molecule has 0 radical (unpaired) electrons. The SMILES string of the molecule is OC1C=CC=CC1=COc1ccccc1. The van der Waals surface area contributed by atoms with Crippen LogP contribution in [0.25, 0.3) is 0 Å². The van der Waals surface area contributed by atoms with Gasteiger partial charge in [-0.25, -0.2) is 0 Å². The molecule has 0 bridgehead atoms. The minimum absolute atomic E-state index is 0.571. The van der Waals surface area contributed by atoms with E-state index in [-0.39, 0.29) is 0 Å². The molecule has 1 aromatic rings. The first-order valence-electron chi connectivity index (χ1n) is 4.81. The quantitative estimate of drug-likeness (QED) is 0.743. The van der Waals surface area contributed by atoms with Gasteiger partial charge in [0.05, 0.1) is 6.26 Å². The van der Waals surface area contributed by atoms with Crippen LogP contribution >= 0.6 is 0 Å². The van der Waals surface area contributed by atoms with Gasteiger partial charge < -0.3 is 9.84 Å². The Morgan fingerprint density at radius 2 is 1.93 bits per heavy atom. The van der Waals surface area contributed by atoms with Crippen molar-refractivity contribution >= 4 is 0 Å². The number of para-hydroxylation sites is 1. The molecule has 1 aliphatic carbocycles. The lowest BCUT2D eigenvalue weighted by molar-refractivity contribution is 0.258. The molecule has 0 heterocycles. The predicted molar refractivity (Wildman–Crippen MR) is 59.4 cm³/mol. The van der Waals surface area contributed by atoms with Gasteiger partial charge in [-0.3, -0.25) is 0 Å². The fourth-order valence-electron chi connectivity index (χ4n) is 1.29. The highest BCUT2D eigenvalue weighted by Crippen LogP contribution is 2.14. The van der Waals surface area contributed by atoms with Crippen LogP contribution in [-0.4, -0.2) is 11.2 Å². The van der Waals surface area contributed by atoms with Gasteiger partial charge in [0.1, 0.15) is 11.9 Å². The Hall–Kier alpha value is -1.80. The van der Waals surface area contributed by atoms with Crippen LogP contribution in [0.15, 0.2) is 66.5 Å². The summed E-state index contributed by atoms with van der Waals surface area (Å²) in [6.07, 6.45) is 8.21. The number of rotatable bonds is 2. The smallest absolute Gasteiger partial charge is 0.126 e. The van der Waals surface area contributed by atoms with Crippen LogP contribution in [0.2, 0.25) is 0 Å². The molecule has 1 aliphatic rings. The van der Waals surface area contributed by atoms with Crippen molar-refractivity contribution in [2.24, 2.45) is 0 Å². The van der Waals surface area contributed by atoms with E-state index in [0.29, 0.717) is 0 Å². The third-order valence-corrected chi connectivity index (χ3v) is 2.11. The molecule has 0 amide bonds. The summed E-state index contributed by atoms with van der Waals surface area (Å²) >= 11 is 0. The molecule has 1 N–H and O–H groups in total. The molecule has 0 spiro atoms.